The van der Waals surface area contributed by atoms with E-state index >= 15 is 0 Å². The number of aliphatic hydroxyl groups excluding tert-OH is 1. The minimum absolute atomic E-state index is 0.0231. The third-order valence-electron chi connectivity index (χ3n) is 3.62. The van der Waals surface area contributed by atoms with Gasteiger partial charge in [0.15, 0.2) is 0 Å². The SMILES string of the molecule is CC1(C(=O)NCC2(CO)CC2)CCCS1. The minimum atomic E-state index is -0.217. The molecule has 0 spiro atoms. The minimum Gasteiger partial charge on any atom is -0.396 e. The van der Waals surface area contributed by atoms with Crippen LogP contribution in [0.1, 0.15) is 32.6 Å². The normalized spacial score (nSPS) is 32.7. The van der Waals surface area contributed by atoms with Crippen molar-refractivity contribution in [2.75, 3.05) is 18.9 Å². The van der Waals surface area contributed by atoms with E-state index in [9.17, 15) is 4.79 Å². The Morgan fingerprint density at radius 3 is 2.67 bits per heavy atom. The summed E-state index contributed by atoms with van der Waals surface area (Å²) >= 11 is 1.76. The van der Waals surface area contributed by atoms with Crippen LogP contribution in [0.25, 0.3) is 0 Å². The molecule has 1 amide bonds. The average molecular weight is 229 g/mol. The van der Waals surface area contributed by atoms with Crippen molar-refractivity contribution in [1.29, 1.82) is 0 Å². The van der Waals surface area contributed by atoms with Crippen LogP contribution in [0.4, 0.5) is 0 Å². The van der Waals surface area contributed by atoms with Gasteiger partial charge in [0.25, 0.3) is 0 Å². The molecule has 0 aromatic carbocycles. The molecule has 0 bridgehead atoms. The van der Waals surface area contributed by atoms with Gasteiger partial charge in [-0.15, -0.1) is 11.8 Å². The topological polar surface area (TPSA) is 49.3 Å². The first-order chi connectivity index (χ1) is 7.10. The maximum absolute atomic E-state index is 11.9. The summed E-state index contributed by atoms with van der Waals surface area (Å²) in [6, 6.07) is 0. The zero-order chi connectivity index (χ0) is 10.9. The molecule has 1 saturated carbocycles. The van der Waals surface area contributed by atoms with E-state index in [1.807, 2.05) is 6.92 Å². The summed E-state index contributed by atoms with van der Waals surface area (Å²) in [4.78, 5) is 11.9. The van der Waals surface area contributed by atoms with Crippen molar-refractivity contribution in [3.8, 4) is 0 Å². The molecule has 86 valence electrons. The number of hydrogen-bond donors (Lipinski definition) is 2. The lowest BCUT2D eigenvalue weighted by atomic mass is 10.0. The quantitative estimate of drug-likeness (QED) is 0.760. The molecule has 3 nitrogen and oxygen atoms in total. The van der Waals surface area contributed by atoms with Crippen LogP contribution < -0.4 is 5.32 Å². The van der Waals surface area contributed by atoms with Crippen LogP contribution in [0.5, 0.6) is 0 Å². The predicted molar refractivity (Wildman–Crippen MR) is 61.9 cm³/mol. The Bertz CT molecular complexity index is 257. The van der Waals surface area contributed by atoms with Crippen LogP contribution in [0, 0.1) is 5.41 Å². The molecule has 1 atom stereocenters. The van der Waals surface area contributed by atoms with Crippen LogP contribution >= 0.6 is 11.8 Å². The highest BCUT2D eigenvalue weighted by molar-refractivity contribution is 8.01. The Labute approximate surface area is 95.0 Å². The molecule has 2 aliphatic rings. The van der Waals surface area contributed by atoms with E-state index in [4.69, 9.17) is 5.11 Å². The van der Waals surface area contributed by atoms with E-state index in [-0.39, 0.29) is 22.7 Å². The first-order valence-corrected chi connectivity index (χ1v) is 6.62. The van der Waals surface area contributed by atoms with Crippen molar-refractivity contribution in [1.82, 2.24) is 5.32 Å². The van der Waals surface area contributed by atoms with E-state index in [2.05, 4.69) is 5.32 Å². The summed E-state index contributed by atoms with van der Waals surface area (Å²) in [5.74, 6) is 1.25. The Morgan fingerprint density at radius 2 is 2.20 bits per heavy atom. The molecule has 0 radical (unpaired) electrons. The van der Waals surface area contributed by atoms with Crippen molar-refractivity contribution >= 4 is 17.7 Å². The van der Waals surface area contributed by atoms with Gasteiger partial charge in [0.05, 0.1) is 11.4 Å². The number of rotatable bonds is 4. The van der Waals surface area contributed by atoms with Gasteiger partial charge in [-0.3, -0.25) is 4.79 Å². The summed E-state index contributed by atoms with van der Waals surface area (Å²) in [6.45, 7) is 2.88. The van der Waals surface area contributed by atoms with E-state index in [0.29, 0.717) is 6.54 Å². The van der Waals surface area contributed by atoms with Gasteiger partial charge in [-0.2, -0.15) is 0 Å². The highest BCUT2D eigenvalue weighted by atomic mass is 32.2. The fourth-order valence-electron chi connectivity index (χ4n) is 1.98. The van der Waals surface area contributed by atoms with Crippen LogP contribution in [0.3, 0.4) is 0 Å². The first-order valence-electron chi connectivity index (χ1n) is 5.63. The molecular weight excluding hydrogens is 210 g/mol. The molecule has 15 heavy (non-hydrogen) atoms. The number of carbonyl (C=O) groups excluding carboxylic acids is 1. The maximum Gasteiger partial charge on any atom is 0.235 e. The smallest absolute Gasteiger partial charge is 0.235 e. The Balaban J connectivity index is 1.82. The molecule has 0 aromatic heterocycles. The molecule has 1 aliphatic heterocycles. The molecular formula is C11H19NO2S. The molecule has 1 heterocycles. The van der Waals surface area contributed by atoms with E-state index in [1.54, 1.807) is 11.8 Å². The van der Waals surface area contributed by atoms with Crippen molar-refractivity contribution in [3.63, 3.8) is 0 Å². The monoisotopic (exact) mass is 229 g/mol. The standard InChI is InChI=1S/C11H19NO2S/c1-10(3-2-6-15-10)9(14)12-7-11(8-13)4-5-11/h13H,2-8H2,1H3,(H,12,14). The number of amides is 1. The Morgan fingerprint density at radius 1 is 1.47 bits per heavy atom. The lowest BCUT2D eigenvalue weighted by molar-refractivity contribution is -0.123. The lowest BCUT2D eigenvalue weighted by Gasteiger charge is -2.23. The van der Waals surface area contributed by atoms with E-state index < -0.39 is 0 Å². The lowest BCUT2D eigenvalue weighted by Crippen LogP contribution is -2.43. The van der Waals surface area contributed by atoms with Crippen LogP contribution in [0.15, 0.2) is 0 Å². The van der Waals surface area contributed by atoms with Crippen LogP contribution in [-0.2, 0) is 4.79 Å². The van der Waals surface area contributed by atoms with Gasteiger partial charge < -0.3 is 10.4 Å². The molecule has 1 aliphatic carbocycles. The van der Waals surface area contributed by atoms with Gasteiger partial charge in [-0.05, 0) is 38.4 Å². The second-order valence-corrected chi connectivity index (χ2v) is 6.62. The fourth-order valence-corrected chi connectivity index (χ4v) is 3.21. The number of carbonyl (C=O) groups is 1. The van der Waals surface area contributed by atoms with Crippen molar-refractivity contribution in [2.24, 2.45) is 5.41 Å². The van der Waals surface area contributed by atoms with E-state index in [0.717, 1.165) is 31.4 Å². The summed E-state index contributed by atoms with van der Waals surface area (Å²) in [5.41, 5.74) is 0.0231. The largest absolute Gasteiger partial charge is 0.396 e. The highest BCUT2D eigenvalue weighted by Gasteiger charge is 2.44. The summed E-state index contributed by atoms with van der Waals surface area (Å²) in [5, 5.41) is 12.1. The maximum atomic E-state index is 11.9. The predicted octanol–water partition coefficient (Wildman–Crippen LogP) is 1.16. The summed E-state index contributed by atoms with van der Waals surface area (Å²) in [6.07, 6.45) is 4.22. The van der Waals surface area contributed by atoms with E-state index in [1.165, 1.54) is 0 Å². The third kappa shape index (κ3) is 2.31. The molecule has 2 N–H and O–H groups in total. The number of nitrogens with one attached hydrogen (secondary N) is 1. The number of hydrogen-bond acceptors (Lipinski definition) is 3. The second kappa shape index (κ2) is 3.98. The first kappa shape index (κ1) is 11.3. The number of aliphatic hydroxyl groups is 1. The van der Waals surface area contributed by atoms with Crippen LogP contribution in [-0.4, -0.2) is 34.7 Å². The van der Waals surface area contributed by atoms with Crippen molar-refractivity contribution in [2.45, 2.75) is 37.4 Å². The zero-order valence-corrected chi connectivity index (χ0v) is 10.0. The van der Waals surface area contributed by atoms with Gasteiger partial charge in [-0.25, -0.2) is 0 Å². The van der Waals surface area contributed by atoms with Gasteiger partial charge in [0.2, 0.25) is 5.91 Å². The summed E-state index contributed by atoms with van der Waals surface area (Å²) in [7, 11) is 0. The van der Waals surface area contributed by atoms with Crippen molar-refractivity contribution in [3.05, 3.63) is 0 Å². The van der Waals surface area contributed by atoms with Crippen molar-refractivity contribution < 1.29 is 9.90 Å². The Hall–Kier alpha value is -0.220. The Kier molecular flexibility index (Phi) is 2.99. The molecule has 1 unspecified atom stereocenters. The van der Waals surface area contributed by atoms with Gasteiger partial charge in [0.1, 0.15) is 0 Å². The third-order valence-corrected chi connectivity index (χ3v) is 5.14. The average Bonchev–Trinajstić information content (AvgIpc) is 2.90. The number of thioether (sulfide) groups is 1. The second-order valence-electron chi connectivity index (χ2n) is 5.02. The summed E-state index contributed by atoms with van der Waals surface area (Å²) < 4.78 is -0.217. The molecule has 4 heteroatoms. The molecule has 0 aromatic rings. The molecule has 1 saturated heterocycles. The van der Waals surface area contributed by atoms with Gasteiger partial charge in [-0.1, -0.05) is 0 Å². The molecule has 2 fully saturated rings. The van der Waals surface area contributed by atoms with Gasteiger partial charge in [0, 0.05) is 12.0 Å². The fraction of sp³-hybridized carbons (Fsp3) is 0.909. The molecule has 2 rings (SSSR count). The zero-order valence-electron chi connectivity index (χ0n) is 9.21. The van der Waals surface area contributed by atoms with Crippen LogP contribution in [0.2, 0.25) is 0 Å². The highest BCUT2D eigenvalue weighted by Crippen LogP contribution is 2.44. The van der Waals surface area contributed by atoms with Gasteiger partial charge >= 0.3 is 0 Å².